The molecule has 2 saturated heterocycles. The summed E-state index contributed by atoms with van der Waals surface area (Å²) in [6.45, 7) is 2.15. The zero-order chi connectivity index (χ0) is 17.3. The molecule has 5 aliphatic rings. The summed E-state index contributed by atoms with van der Waals surface area (Å²) in [5, 5.41) is 1.39. The molecule has 1 amide bonds. The van der Waals surface area contributed by atoms with Gasteiger partial charge < -0.3 is 4.74 Å². The molecule has 1 aromatic carbocycles. The highest BCUT2D eigenvalue weighted by atomic mass is 16.7. The van der Waals surface area contributed by atoms with Crippen molar-refractivity contribution >= 4 is 23.1 Å². The van der Waals surface area contributed by atoms with Gasteiger partial charge in [-0.15, -0.1) is 0 Å². The van der Waals surface area contributed by atoms with Gasteiger partial charge in [-0.2, -0.15) is 5.06 Å². The number of rotatable bonds is 2. The van der Waals surface area contributed by atoms with Gasteiger partial charge in [0.2, 0.25) is 0 Å². The molecule has 0 radical (unpaired) electrons. The first-order chi connectivity index (χ1) is 12.1. The maximum absolute atomic E-state index is 13.4. The van der Waals surface area contributed by atoms with E-state index in [4.69, 9.17) is 14.6 Å². The number of hydroxylamine groups is 1. The van der Waals surface area contributed by atoms with Crippen LogP contribution in [0.4, 0.5) is 5.69 Å². The van der Waals surface area contributed by atoms with Gasteiger partial charge in [0.1, 0.15) is 5.41 Å². The molecule has 6 rings (SSSR count). The number of Topliss-reactive ketones (excluding diaryl/α,β-unsaturated/α-hetero) is 1. The Morgan fingerprint density at radius 1 is 1.40 bits per heavy atom. The highest BCUT2D eigenvalue weighted by Gasteiger charge is 2.64. The highest BCUT2D eigenvalue weighted by molar-refractivity contribution is 6.40. The number of anilines is 1. The molecule has 4 aliphatic heterocycles. The first kappa shape index (κ1) is 15.2. The van der Waals surface area contributed by atoms with Crippen molar-refractivity contribution in [2.24, 2.45) is 16.8 Å². The Balaban J connectivity index is 1.69. The maximum Gasteiger partial charge on any atom is 0.264 e. The molecule has 6 heteroatoms. The van der Waals surface area contributed by atoms with Crippen LogP contribution >= 0.6 is 0 Å². The van der Waals surface area contributed by atoms with Crippen molar-refractivity contribution in [3.63, 3.8) is 0 Å². The van der Waals surface area contributed by atoms with Crippen molar-refractivity contribution in [1.82, 2.24) is 0 Å². The first-order valence-corrected chi connectivity index (χ1v) is 8.76. The maximum atomic E-state index is 13.4. The van der Waals surface area contributed by atoms with Gasteiger partial charge in [-0.05, 0) is 24.5 Å². The average molecular weight is 340 g/mol. The molecule has 0 aromatic heterocycles. The SMILES string of the molecule is CON1C(=O)[C@@]2(C[C@@H]3N=C(C(C)=O)[C@@H]4C[C@H]2OC[C@H]34)c2ccccc21. The number of para-hydroxylation sites is 1. The number of amides is 1. The van der Waals surface area contributed by atoms with E-state index in [1.54, 1.807) is 6.92 Å². The molecule has 25 heavy (non-hydrogen) atoms. The largest absolute Gasteiger partial charge is 0.376 e. The Bertz CT molecular complexity index is 819. The van der Waals surface area contributed by atoms with Gasteiger partial charge in [0.05, 0.1) is 37.3 Å². The fraction of sp³-hybridized carbons (Fsp3) is 0.526. The number of ketones is 1. The van der Waals surface area contributed by atoms with Crippen molar-refractivity contribution in [1.29, 1.82) is 0 Å². The lowest BCUT2D eigenvalue weighted by atomic mass is 9.71. The third-order valence-electron chi connectivity index (χ3n) is 6.42. The van der Waals surface area contributed by atoms with Crippen molar-refractivity contribution < 1.29 is 19.2 Å². The molecule has 0 N–H and O–H groups in total. The molecule has 1 saturated carbocycles. The second-order valence-corrected chi connectivity index (χ2v) is 7.44. The number of nitrogens with zero attached hydrogens (tertiary/aromatic N) is 2. The molecule has 0 unspecified atom stereocenters. The van der Waals surface area contributed by atoms with Crippen molar-refractivity contribution in [3.8, 4) is 0 Å². The van der Waals surface area contributed by atoms with Gasteiger partial charge in [0, 0.05) is 18.8 Å². The zero-order valence-corrected chi connectivity index (χ0v) is 14.3. The number of carbonyl (C=O) groups is 2. The van der Waals surface area contributed by atoms with E-state index < -0.39 is 5.41 Å². The molecule has 4 heterocycles. The second kappa shape index (κ2) is 4.99. The predicted molar refractivity (Wildman–Crippen MR) is 90.5 cm³/mol. The number of carbonyl (C=O) groups excluding carboxylic acids is 2. The van der Waals surface area contributed by atoms with Gasteiger partial charge in [-0.3, -0.25) is 19.4 Å². The monoisotopic (exact) mass is 340 g/mol. The second-order valence-electron chi connectivity index (χ2n) is 7.44. The van der Waals surface area contributed by atoms with Crippen LogP contribution in [0.3, 0.4) is 0 Å². The smallest absolute Gasteiger partial charge is 0.264 e. The van der Waals surface area contributed by atoms with Crippen LogP contribution in [0.15, 0.2) is 29.3 Å². The molecule has 5 atom stereocenters. The van der Waals surface area contributed by atoms with E-state index in [0.717, 1.165) is 11.3 Å². The van der Waals surface area contributed by atoms with Crippen LogP contribution in [-0.2, 0) is 24.6 Å². The van der Waals surface area contributed by atoms with Gasteiger partial charge in [0.15, 0.2) is 5.78 Å². The molecule has 3 fully saturated rings. The molecular formula is C19H20N2O4. The van der Waals surface area contributed by atoms with E-state index in [-0.39, 0.29) is 35.7 Å². The van der Waals surface area contributed by atoms with E-state index in [0.29, 0.717) is 25.2 Å². The molecule has 1 aromatic rings. The quantitative estimate of drug-likeness (QED) is 0.821. The van der Waals surface area contributed by atoms with Gasteiger partial charge in [-0.1, -0.05) is 18.2 Å². The van der Waals surface area contributed by atoms with Crippen LogP contribution in [0.1, 0.15) is 25.3 Å². The standard InChI is InChI=1S/C19H20N2O4/c1-10(22)17-11-7-16-19(8-14(20-17)12(11)9-25-16)13-5-3-4-6-15(13)21(24-2)18(19)23/h3-6,11-12,14,16H,7-9H2,1-2H3/t11-,12+,14+,16-,19+/m1/s1. The Kier molecular flexibility index (Phi) is 3.04. The van der Waals surface area contributed by atoms with Crippen molar-refractivity contribution in [2.45, 2.75) is 37.3 Å². The van der Waals surface area contributed by atoms with E-state index in [1.807, 2.05) is 24.3 Å². The molecule has 1 spiro atoms. The molecule has 6 nitrogen and oxygen atoms in total. The summed E-state index contributed by atoms with van der Waals surface area (Å²) < 4.78 is 6.18. The Hall–Kier alpha value is -2.05. The van der Waals surface area contributed by atoms with E-state index in [2.05, 4.69) is 0 Å². The van der Waals surface area contributed by atoms with Crippen LogP contribution in [0.25, 0.3) is 0 Å². The third kappa shape index (κ3) is 1.74. The topological polar surface area (TPSA) is 68.2 Å². The normalized spacial score (nSPS) is 38.1. The fourth-order valence-corrected chi connectivity index (χ4v) is 5.36. The minimum Gasteiger partial charge on any atom is -0.376 e. The van der Waals surface area contributed by atoms with Crippen LogP contribution in [0.5, 0.6) is 0 Å². The zero-order valence-electron chi connectivity index (χ0n) is 14.3. The van der Waals surface area contributed by atoms with Gasteiger partial charge in [-0.25, -0.2) is 0 Å². The third-order valence-corrected chi connectivity index (χ3v) is 6.42. The van der Waals surface area contributed by atoms with E-state index in [1.165, 1.54) is 12.2 Å². The Labute approximate surface area is 145 Å². The van der Waals surface area contributed by atoms with Crippen molar-refractivity contribution in [2.75, 3.05) is 18.8 Å². The number of ether oxygens (including phenoxy) is 1. The summed E-state index contributed by atoms with van der Waals surface area (Å²) >= 11 is 0. The lowest BCUT2D eigenvalue weighted by Crippen LogP contribution is -2.51. The summed E-state index contributed by atoms with van der Waals surface area (Å²) in [7, 11) is 1.51. The Morgan fingerprint density at radius 3 is 2.96 bits per heavy atom. The summed E-state index contributed by atoms with van der Waals surface area (Å²) in [4.78, 5) is 35.5. The fourth-order valence-electron chi connectivity index (χ4n) is 5.36. The summed E-state index contributed by atoms with van der Waals surface area (Å²) in [5.74, 6) is 0.281. The Morgan fingerprint density at radius 2 is 2.20 bits per heavy atom. The number of hydrogen-bond donors (Lipinski definition) is 0. The van der Waals surface area contributed by atoms with E-state index >= 15 is 0 Å². The summed E-state index contributed by atoms with van der Waals surface area (Å²) in [6.07, 6.45) is 0.986. The minimum absolute atomic E-state index is 0.0470. The highest BCUT2D eigenvalue weighted by Crippen LogP contribution is 2.56. The number of benzene rings is 1. The van der Waals surface area contributed by atoms with Gasteiger partial charge >= 0.3 is 0 Å². The summed E-state index contributed by atoms with van der Waals surface area (Å²) in [5.41, 5.74) is 1.67. The van der Waals surface area contributed by atoms with Crippen molar-refractivity contribution in [3.05, 3.63) is 29.8 Å². The van der Waals surface area contributed by atoms with Crippen LogP contribution in [-0.4, -0.2) is 43.3 Å². The minimum atomic E-state index is -0.771. The molecule has 4 bridgehead atoms. The van der Waals surface area contributed by atoms with Crippen LogP contribution < -0.4 is 5.06 Å². The lowest BCUT2D eigenvalue weighted by Gasteiger charge is -2.38. The average Bonchev–Trinajstić information content (AvgIpc) is 2.97. The first-order valence-electron chi connectivity index (χ1n) is 8.76. The number of fused-ring (bicyclic) bond motifs is 2. The van der Waals surface area contributed by atoms with Gasteiger partial charge in [0.25, 0.3) is 5.91 Å². The molecule has 130 valence electrons. The number of aliphatic imine (C=N–C) groups is 1. The molecule has 1 aliphatic carbocycles. The predicted octanol–water partition coefficient (Wildman–Crippen LogP) is 1.67. The summed E-state index contributed by atoms with van der Waals surface area (Å²) in [6, 6.07) is 7.71. The van der Waals surface area contributed by atoms with Crippen LogP contribution in [0, 0.1) is 11.8 Å². The lowest BCUT2D eigenvalue weighted by molar-refractivity contribution is -0.137. The van der Waals surface area contributed by atoms with Crippen LogP contribution in [0.2, 0.25) is 0 Å². The number of hydrogen-bond acceptors (Lipinski definition) is 5. The molecular weight excluding hydrogens is 320 g/mol. The van der Waals surface area contributed by atoms with E-state index in [9.17, 15) is 9.59 Å².